The van der Waals surface area contributed by atoms with E-state index in [1.165, 1.54) is 5.56 Å². The van der Waals surface area contributed by atoms with Gasteiger partial charge in [0.25, 0.3) is 0 Å². The number of nitrogens with zero attached hydrogens (tertiary/aromatic N) is 1. The molecule has 0 aliphatic rings. The lowest BCUT2D eigenvalue weighted by molar-refractivity contribution is 0.305. The smallest absolute Gasteiger partial charge is 0.119 e. The van der Waals surface area contributed by atoms with Gasteiger partial charge in [-0.3, -0.25) is 0 Å². The molecule has 0 aliphatic heterocycles. The minimum atomic E-state index is 0.528. The number of hydrogen-bond donors (Lipinski definition) is 0. The van der Waals surface area contributed by atoms with Crippen molar-refractivity contribution in [1.29, 1.82) is 5.26 Å². The zero-order chi connectivity index (χ0) is 13.0. The Morgan fingerprint density at radius 2 is 1.78 bits per heavy atom. The maximum Gasteiger partial charge on any atom is 0.119 e. The Morgan fingerprint density at radius 1 is 1.06 bits per heavy atom. The third-order valence-electron chi connectivity index (χ3n) is 2.89. The lowest BCUT2D eigenvalue weighted by atomic mass is 10.1. The fraction of sp³-hybridized carbons (Fsp3) is 0.188. The van der Waals surface area contributed by atoms with E-state index in [0.717, 1.165) is 16.9 Å². The van der Waals surface area contributed by atoms with Crippen LogP contribution in [-0.2, 0) is 6.61 Å². The molecule has 0 radical (unpaired) electrons. The summed E-state index contributed by atoms with van der Waals surface area (Å²) in [6.45, 7) is 4.57. The van der Waals surface area contributed by atoms with E-state index in [9.17, 15) is 0 Å². The third kappa shape index (κ3) is 2.89. The van der Waals surface area contributed by atoms with E-state index in [1.54, 1.807) is 0 Å². The Labute approximate surface area is 107 Å². The van der Waals surface area contributed by atoms with Gasteiger partial charge < -0.3 is 4.74 Å². The van der Waals surface area contributed by atoms with Crippen molar-refractivity contribution in [2.45, 2.75) is 20.5 Å². The Bertz CT molecular complexity index is 579. The molecule has 0 fully saturated rings. The van der Waals surface area contributed by atoms with Crippen LogP contribution < -0.4 is 4.74 Å². The maximum atomic E-state index is 8.81. The van der Waals surface area contributed by atoms with Crippen molar-refractivity contribution in [2.24, 2.45) is 0 Å². The molecule has 0 aromatic heterocycles. The molecule has 0 aliphatic carbocycles. The van der Waals surface area contributed by atoms with Gasteiger partial charge in [0.05, 0.1) is 11.6 Å². The van der Waals surface area contributed by atoms with Crippen LogP contribution in [0.25, 0.3) is 0 Å². The summed E-state index contributed by atoms with van der Waals surface area (Å²) in [5.74, 6) is 0.865. The highest BCUT2D eigenvalue weighted by atomic mass is 16.5. The molecule has 2 rings (SSSR count). The largest absolute Gasteiger partial charge is 0.489 e. The molecule has 2 aromatic rings. The normalized spacial score (nSPS) is 9.83. The zero-order valence-corrected chi connectivity index (χ0v) is 10.6. The second-order valence-corrected chi connectivity index (χ2v) is 4.35. The molecule has 0 atom stereocenters. The fourth-order valence-electron chi connectivity index (χ4n) is 1.72. The van der Waals surface area contributed by atoms with Crippen LogP contribution in [0.15, 0.2) is 42.5 Å². The van der Waals surface area contributed by atoms with Gasteiger partial charge in [0.2, 0.25) is 0 Å². The number of ether oxygens (including phenoxy) is 1. The van der Waals surface area contributed by atoms with E-state index in [-0.39, 0.29) is 0 Å². The van der Waals surface area contributed by atoms with E-state index in [1.807, 2.05) is 49.4 Å². The van der Waals surface area contributed by atoms with Crippen LogP contribution >= 0.6 is 0 Å². The molecule has 0 bridgehead atoms. The van der Waals surface area contributed by atoms with E-state index in [0.29, 0.717) is 12.2 Å². The van der Waals surface area contributed by atoms with Gasteiger partial charge in [0, 0.05) is 0 Å². The molecular formula is C16H15NO. The fourth-order valence-corrected chi connectivity index (χ4v) is 1.72. The van der Waals surface area contributed by atoms with Gasteiger partial charge >= 0.3 is 0 Å². The summed E-state index contributed by atoms with van der Waals surface area (Å²) in [6.07, 6.45) is 0. The molecule has 0 N–H and O–H groups in total. The molecule has 0 unspecified atom stereocenters. The molecule has 0 spiro atoms. The van der Waals surface area contributed by atoms with Crippen LogP contribution in [0.3, 0.4) is 0 Å². The Kier molecular flexibility index (Phi) is 3.64. The lowest BCUT2D eigenvalue weighted by Crippen LogP contribution is -1.98. The second kappa shape index (κ2) is 5.37. The molecule has 2 heteroatoms. The third-order valence-corrected chi connectivity index (χ3v) is 2.89. The molecule has 18 heavy (non-hydrogen) atoms. The van der Waals surface area contributed by atoms with Crippen LogP contribution in [0.2, 0.25) is 0 Å². The van der Waals surface area contributed by atoms with E-state index >= 15 is 0 Å². The number of rotatable bonds is 3. The SMILES string of the molecule is Cc1ccc(OCc2ccc(C#N)cc2C)cc1. The van der Waals surface area contributed by atoms with Crippen LogP contribution in [0, 0.1) is 25.2 Å². The van der Waals surface area contributed by atoms with Crippen molar-refractivity contribution < 1.29 is 4.74 Å². The number of aryl methyl sites for hydroxylation is 2. The molecule has 90 valence electrons. The van der Waals surface area contributed by atoms with Crippen molar-refractivity contribution in [3.8, 4) is 11.8 Å². The van der Waals surface area contributed by atoms with Crippen molar-refractivity contribution in [3.63, 3.8) is 0 Å². The summed E-state index contributed by atoms with van der Waals surface area (Å²) in [5.41, 5.74) is 4.10. The first-order valence-electron chi connectivity index (χ1n) is 5.88. The highest BCUT2D eigenvalue weighted by Gasteiger charge is 2.01. The first-order chi connectivity index (χ1) is 8.69. The van der Waals surface area contributed by atoms with Crippen LogP contribution in [0.1, 0.15) is 22.3 Å². The summed E-state index contributed by atoms with van der Waals surface area (Å²) < 4.78 is 5.72. The molecule has 0 heterocycles. The quantitative estimate of drug-likeness (QED) is 0.814. The molecule has 2 nitrogen and oxygen atoms in total. The summed E-state index contributed by atoms with van der Waals surface area (Å²) in [7, 11) is 0. The van der Waals surface area contributed by atoms with Gasteiger partial charge in [-0.05, 0) is 49.2 Å². The highest BCUT2D eigenvalue weighted by molar-refractivity contribution is 5.37. The van der Waals surface area contributed by atoms with Crippen molar-refractivity contribution >= 4 is 0 Å². The monoisotopic (exact) mass is 237 g/mol. The van der Waals surface area contributed by atoms with Gasteiger partial charge in [-0.2, -0.15) is 5.26 Å². The Hall–Kier alpha value is -2.27. The topological polar surface area (TPSA) is 33.0 Å². The van der Waals surface area contributed by atoms with E-state index in [2.05, 4.69) is 13.0 Å². The Morgan fingerprint density at radius 3 is 2.39 bits per heavy atom. The van der Waals surface area contributed by atoms with Crippen LogP contribution in [-0.4, -0.2) is 0 Å². The molecular weight excluding hydrogens is 222 g/mol. The van der Waals surface area contributed by atoms with Crippen LogP contribution in [0.5, 0.6) is 5.75 Å². The summed E-state index contributed by atoms with van der Waals surface area (Å²) in [5, 5.41) is 8.81. The lowest BCUT2D eigenvalue weighted by Gasteiger charge is -2.09. The van der Waals surface area contributed by atoms with Gasteiger partial charge in [-0.1, -0.05) is 23.8 Å². The number of hydrogen-bond acceptors (Lipinski definition) is 2. The van der Waals surface area contributed by atoms with Gasteiger partial charge in [0.1, 0.15) is 12.4 Å². The average Bonchev–Trinajstić information content (AvgIpc) is 2.39. The summed E-state index contributed by atoms with van der Waals surface area (Å²) in [6, 6.07) is 15.8. The zero-order valence-electron chi connectivity index (χ0n) is 10.6. The number of benzene rings is 2. The molecule has 0 amide bonds. The van der Waals surface area contributed by atoms with Gasteiger partial charge in [-0.25, -0.2) is 0 Å². The predicted molar refractivity (Wildman–Crippen MR) is 71.4 cm³/mol. The Balaban J connectivity index is 2.06. The molecule has 0 saturated carbocycles. The highest BCUT2D eigenvalue weighted by Crippen LogP contribution is 2.16. The maximum absolute atomic E-state index is 8.81. The molecule has 2 aromatic carbocycles. The minimum absolute atomic E-state index is 0.528. The first-order valence-corrected chi connectivity index (χ1v) is 5.88. The minimum Gasteiger partial charge on any atom is -0.489 e. The van der Waals surface area contributed by atoms with Gasteiger partial charge in [-0.15, -0.1) is 0 Å². The number of nitriles is 1. The van der Waals surface area contributed by atoms with Crippen molar-refractivity contribution in [1.82, 2.24) is 0 Å². The predicted octanol–water partition coefficient (Wildman–Crippen LogP) is 3.75. The van der Waals surface area contributed by atoms with Crippen LogP contribution in [0.4, 0.5) is 0 Å². The van der Waals surface area contributed by atoms with E-state index < -0.39 is 0 Å². The summed E-state index contributed by atoms with van der Waals surface area (Å²) in [4.78, 5) is 0. The van der Waals surface area contributed by atoms with Gasteiger partial charge in [0.15, 0.2) is 0 Å². The molecule has 0 saturated heterocycles. The van der Waals surface area contributed by atoms with E-state index in [4.69, 9.17) is 10.00 Å². The van der Waals surface area contributed by atoms with Crippen molar-refractivity contribution in [2.75, 3.05) is 0 Å². The second-order valence-electron chi connectivity index (χ2n) is 4.35. The van der Waals surface area contributed by atoms with Crippen molar-refractivity contribution in [3.05, 3.63) is 64.7 Å². The standard InChI is InChI=1S/C16H15NO/c1-12-3-7-16(8-4-12)18-11-15-6-5-14(10-17)9-13(15)2/h3-9H,11H2,1-2H3. The average molecular weight is 237 g/mol. The first kappa shape index (κ1) is 12.2. The summed E-state index contributed by atoms with van der Waals surface area (Å²) >= 11 is 0.